The third kappa shape index (κ3) is 2.54. The van der Waals surface area contributed by atoms with Gasteiger partial charge in [-0.15, -0.1) is 0 Å². The van der Waals surface area contributed by atoms with Gasteiger partial charge in [0.15, 0.2) is 0 Å². The third-order valence-electron chi connectivity index (χ3n) is 3.14. The van der Waals surface area contributed by atoms with Gasteiger partial charge in [0.05, 0.1) is 16.1 Å². The van der Waals surface area contributed by atoms with Gasteiger partial charge >= 0.3 is 5.97 Å². The molecule has 1 aromatic carbocycles. The van der Waals surface area contributed by atoms with Crippen LogP contribution in [-0.4, -0.2) is 10.9 Å². The predicted octanol–water partition coefficient (Wildman–Crippen LogP) is 3.70. The standard InChI is InChI=1S/C16H11NO5/c1-10-8-11(16(18)21-10)9-12-6-7-15(22-12)13-4-2-3-5-14(13)17(19)20/h2-9H,1H3. The highest BCUT2D eigenvalue weighted by atomic mass is 16.6. The van der Waals surface area contributed by atoms with Gasteiger partial charge < -0.3 is 9.15 Å². The number of carbonyl (C=O) groups excluding carboxylic acids is 1. The van der Waals surface area contributed by atoms with Crippen molar-refractivity contribution in [3.05, 3.63) is 69.7 Å². The fourth-order valence-corrected chi connectivity index (χ4v) is 2.18. The molecule has 2 aromatic rings. The number of benzene rings is 1. The average Bonchev–Trinajstić information content (AvgIpc) is 3.06. The zero-order valence-electron chi connectivity index (χ0n) is 11.6. The molecule has 0 atom stereocenters. The fraction of sp³-hybridized carbons (Fsp3) is 0.0625. The Balaban J connectivity index is 1.97. The van der Waals surface area contributed by atoms with Crippen molar-refractivity contribution in [1.82, 2.24) is 0 Å². The highest BCUT2D eigenvalue weighted by molar-refractivity contribution is 5.99. The minimum atomic E-state index is -0.462. The highest BCUT2D eigenvalue weighted by Crippen LogP contribution is 2.31. The Hall–Kier alpha value is -3.15. The zero-order valence-corrected chi connectivity index (χ0v) is 11.6. The molecule has 0 bridgehead atoms. The van der Waals surface area contributed by atoms with Crippen LogP contribution in [0, 0.1) is 10.1 Å². The van der Waals surface area contributed by atoms with Crippen molar-refractivity contribution in [1.29, 1.82) is 0 Å². The van der Waals surface area contributed by atoms with Crippen molar-refractivity contribution in [2.24, 2.45) is 0 Å². The molecule has 0 saturated heterocycles. The van der Waals surface area contributed by atoms with Gasteiger partial charge in [0.2, 0.25) is 0 Å². The maximum Gasteiger partial charge on any atom is 0.343 e. The summed E-state index contributed by atoms with van der Waals surface area (Å²) in [4.78, 5) is 22.1. The number of nitro benzene ring substituents is 1. The number of nitrogens with zero attached hydrogens (tertiary/aromatic N) is 1. The first-order valence-electron chi connectivity index (χ1n) is 6.50. The summed E-state index contributed by atoms with van der Waals surface area (Å²) in [5.74, 6) is 0.861. The van der Waals surface area contributed by atoms with Crippen LogP contribution in [0.1, 0.15) is 12.7 Å². The van der Waals surface area contributed by atoms with Crippen molar-refractivity contribution < 1.29 is 18.9 Å². The van der Waals surface area contributed by atoms with E-state index < -0.39 is 10.9 Å². The number of nitro groups is 1. The van der Waals surface area contributed by atoms with E-state index in [1.807, 2.05) is 0 Å². The van der Waals surface area contributed by atoms with Gasteiger partial charge in [-0.25, -0.2) is 4.79 Å². The molecule has 2 heterocycles. The van der Waals surface area contributed by atoms with Crippen LogP contribution >= 0.6 is 0 Å². The van der Waals surface area contributed by atoms with E-state index >= 15 is 0 Å². The largest absolute Gasteiger partial charge is 0.456 e. The molecule has 0 aliphatic carbocycles. The second-order valence-corrected chi connectivity index (χ2v) is 4.72. The summed E-state index contributed by atoms with van der Waals surface area (Å²) in [6, 6.07) is 9.59. The van der Waals surface area contributed by atoms with E-state index in [4.69, 9.17) is 9.15 Å². The molecule has 6 nitrogen and oxygen atoms in total. The minimum Gasteiger partial charge on any atom is -0.456 e. The lowest BCUT2D eigenvalue weighted by Crippen LogP contribution is -1.95. The van der Waals surface area contributed by atoms with Crippen molar-refractivity contribution in [2.75, 3.05) is 0 Å². The first-order chi connectivity index (χ1) is 10.5. The quantitative estimate of drug-likeness (QED) is 0.373. The molecule has 6 heteroatoms. The molecule has 0 saturated carbocycles. The van der Waals surface area contributed by atoms with Gasteiger partial charge in [0.1, 0.15) is 17.3 Å². The van der Waals surface area contributed by atoms with Crippen LogP contribution in [0.2, 0.25) is 0 Å². The maximum atomic E-state index is 11.5. The number of ether oxygens (including phenoxy) is 1. The molecule has 22 heavy (non-hydrogen) atoms. The second kappa shape index (κ2) is 5.33. The van der Waals surface area contributed by atoms with Gasteiger partial charge in [-0.3, -0.25) is 10.1 Å². The monoisotopic (exact) mass is 297 g/mol. The molecule has 0 spiro atoms. The van der Waals surface area contributed by atoms with E-state index in [2.05, 4.69) is 0 Å². The summed E-state index contributed by atoms with van der Waals surface area (Å²) >= 11 is 0. The molecule has 0 N–H and O–H groups in total. The molecule has 0 unspecified atom stereocenters. The Kier molecular flexibility index (Phi) is 3.34. The number of esters is 1. The number of furan rings is 1. The normalized spacial score (nSPS) is 15.8. The SMILES string of the molecule is CC1=CC(=Cc2ccc(-c3ccccc3[N+](=O)[O-])o2)C(=O)O1. The van der Waals surface area contributed by atoms with Crippen molar-refractivity contribution >= 4 is 17.7 Å². The molecule has 1 aromatic heterocycles. The van der Waals surface area contributed by atoms with Crippen LogP contribution in [0.4, 0.5) is 5.69 Å². The highest BCUT2D eigenvalue weighted by Gasteiger charge is 2.20. The van der Waals surface area contributed by atoms with Gasteiger partial charge in [-0.1, -0.05) is 12.1 Å². The maximum absolute atomic E-state index is 11.5. The topological polar surface area (TPSA) is 82.6 Å². The predicted molar refractivity (Wildman–Crippen MR) is 78.6 cm³/mol. The summed E-state index contributed by atoms with van der Waals surface area (Å²) in [6.07, 6.45) is 3.15. The van der Waals surface area contributed by atoms with Crippen LogP contribution < -0.4 is 0 Å². The number of rotatable bonds is 3. The van der Waals surface area contributed by atoms with Gasteiger partial charge in [0, 0.05) is 6.07 Å². The number of carbonyl (C=O) groups is 1. The molecule has 0 amide bonds. The second-order valence-electron chi connectivity index (χ2n) is 4.72. The number of hydrogen-bond acceptors (Lipinski definition) is 5. The van der Waals surface area contributed by atoms with Gasteiger partial charge in [-0.05, 0) is 37.3 Å². The van der Waals surface area contributed by atoms with E-state index in [0.717, 1.165) is 0 Å². The summed E-state index contributed by atoms with van der Waals surface area (Å²) in [5.41, 5.74) is 0.728. The smallest absolute Gasteiger partial charge is 0.343 e. The molecule has 3 rings (SSSR count). The number of hydrogen-bond donors (Lipinski definition) is 0. The van der Waals surface area contributed by atoms with E-state index in [1.165, 1.54) is 12.1 Å². The van der Waals surface area contributed by atoms with Gasteiger partial charge in [0.25, 0.3) is 5.69 Å². The number of allylic oxidation sites excluding steroid dienone is 1. The molecule has 110 valence electrons. The van der Waals surface area contributed by atoms with Crippen molar-refractivity contribution in [3.8, 4) is 11.3 Å². The van der Waals surface area contributed by atoms with E-state index in [1.54, 1.807) is 43.3 Å². The Bertz CT molecular complexity index is 829. The Labute approximate surface area is 125 Å². The van der Waals surface area contributed by atoms with Crippen molar-refractivity contribution in [2.45, 2.75) is 6.92 Å². The minimum absolute atomic E-state index is 0.0351. The van der Waals surface area contributed by atoms with Crippen LogP contribution in [-0.2, 0) is 9.53 Å². The van der Waals surface area contributed by atoms with Crippen LogP contribution in [0.3, 0.4) is 0 Å². The zero-order chi connectivity index (χ0) is 15.7. The van der Waals surface area contributed by atoms with E-state index in [-0.39, 0.29) is 5.69 Å². The van der Waals surface area contributed by atoms with Crippen molar-refractivity contribution in [3.63, 3.8) is 0 Å². The molecule has 1 aliphatic rings. The first kappa shape index (κ1) is 13.8. The summed E-state index contributed by atoms with van der Waals surface area (Å²) < 4.78 is 10.5. The van der Waals surface area contributed by atoms with Crippen LogP contribution in [0.15, 0.2) is 58.2 Å². The van der Waals surface area contributed by atoms with E-state index in [9.17, 15) is 14.9 Å². The Morgan fingerprint density at radius 3 is 2.64 bits per heavy atom. The van der Waals surface area contributed by atoms with Crippen LogP contribution in [0.25, 0.3) is 17.4 Å². The molecule has 1 aliphatic heterocycles. The third-order valence-corrected chi connectivity index (χ3v) is 3.14. The van der Waals surface area contributed by atoms with Gasteiger partial charge in [-0.2, -0.15) is 0 Å². The summed E-state index contributed by atoms with van der Waals surface area (Å²) in [5, 5.41) is 11.0. The average molecular weight is 297 g/mol. The number of cyclic esters (lactones) is 1. The lowest BCUT2D eigenvalue weighted by Gasteiger charge is -1.98. The lowest BCUT2D eigenvalue weighted by atomic mass is 10.1. The van der Waals surface area contributed by atoms with Crippen LogP contribution in [0.5, 0.6) is 0 Å². The summed E-state index contributed by atoms with van der Waals surface area (Å²) in [6.45, 7) is 1.68. The Morgan fingerprint density at radius 2 is 1.95 bits per heavy atom. The lowest BCUT2D eigenvalue weighted by molar-refractivity contribution is -0.384. The first-order valence-corrected chi connectivity index (χ1v) is 6.50. The molecular formula is C16H11NO5. The number of para-hydroxylation sites is 1. The molecular weight excluding hydrogens is 286 g/mol. The molecule has 0 fully saturated rings. The summed E-state index contributed by atoms with van der Waals surface area (Å²) in [7, 11) is 0. The van der Waals surface area contributed by atoms with E-state index in [0.29, 0.717) is 28.4 Å². The molecule has 0 radical (unpaired) electrons. The fourth-order valence-electron chi connectivity index (χ4n) is 2.18. The Morgan fingerprint density at radius 1 is 1.18 bits per heavy atom.